The molecule has 6 heteroatoms. The number of halogens is 2. The first-order chi connectivity index (χ1) is 8.50. The molecule has 1 unspecified atom stereocenters. The third kappa shape index (κ3) is 2.35. The van der Waals surface area contributed by atoms with Crippen molar-refractivity contribution >= 4 is 29.2 Å². The lowest BCUT2D eigenvalue weighted by Crippen LogP contribution is -2.08. The summed E-state index contributed by atoms with van der Waals surface area (Å²) in [4.78, 5) is 11.0. The number of carboxylic acids is 1. The molecule has 1 heterocycles. The number of carboxylic acid groups (broad SMARTS) is 1. The fraction of sp³-hybridized carbons (Fsp3) is 0.167. The van der Waals surface area contributed by atoms with Gasteiger partial charge in [0.1, 0.15) is 0 Å². The number of aliphatic carboxylic acids is 1. The Bertz CT molecular complexity index is 582. The Labute approximate surface area is 114 Å². The van der Waals surface area contributed by atoms with Gasteiger partial charge in [-0.2, -0.15) is 5.10 Å². The molecule has 2 aromatic rings. The van der Waals surface area contributed by atoms with Crippen molar-refractivity contribution in [1.29, 1.82) is 0 Å². The topological polar surface area (TPSA) is 55.1 Å². The Hall–Kier alpha value is -1.52. The van der Waals surface area contributed by atoms with Crippen molar-refractivity contribution in [3.63, 3.8) is 0 Å². The van der Waals surface area contributed by atoms with Crippen LogP contribution < -0.4 is 0 Å². The molecule has 1 aromatic carbocycles. The number of benzene rings is 1. The second kappa shape index (κ2) is 5.00. The molecule has 0 saturated heterocycles. The highest BCUT2D eigenvalue weighted by molar-refractivity contribution is 6.35. The first-order valence-corrected chi connectivity index (χ1v) is 5.98. The van der Waals surface area contributed by atoms with Crippen molar-refractivity contribution in [2.45, 2.75) is 12.8 Å². The van der Waals surface area contributed by atoms with Crippen molar-refractivity contribution in [3.8, 4) is 5.69 Å². The highest BCUT2D eigenvalue weighted by atomic mass is 35.5. The van der Waals surface area contributed by atoms with E-state index in [1.165, 1.54) is 0 Å². The third-order valence-corrected chi connectivity index (χ3v) is 3.28. The van der Waals surface area contributed by atoms with Crippen LogP contribution >= 0.6 is 23.2 Å². The molecule has 1 N–H and O–H groups in total. The minimum atomic E-state index is -0.945. The summed E-state index contributed by atoms with van der Waals surface area (Å²) < 4.78 is 1.57. The lowest BCUT2D eigenvalue weighted by atomic mass is 10.0. The molecule has 0 amide bonds. The van der Waals surface area contributed by atoms with Crippen molar-refractivity contribution in [3.05, 3.63) is 46.2 Å². The molecular formula is C12H10Cl2N2O2. The van der Waals surface area contributed by atoms with Crippen LogP contribution in [-0.2, 0) is 4.79 Å². The van der Waals surface area contributed by atoms with E-state index in [0.717, 1.165) is 0 Å². The Balaban J connectivity index is 2.51. The van der Waals surface area contributed by atoms with Gasteiger partial charge < -0.3 is 5.11 Å². The van der Waals surface area contributed by atoms with E-state index in [1.54, 1.807) is 42.2 Å². The average Bonchev–Trinajstić information content (AvgIpc) is 2.84. The summed E-state index contributed by atoms with van der Waals surface area (Å²) in [6.45, 7) is 1.56. The fourth-order valence-electron chi connectivity index (χ4n) is 1.60. The van der Waals surface area contributed by atoms with Crippen LogP contribution in [0.25, 0.3) is 5.69 Å². The monoisotopic (exact) mass is 284 g/mol. The van der Waals surface area contributed by atoms with Crippen molar-refractivity contribution < 1.29 is 9.90 Å². The minimum Gasteiger partial charge on any atom is -0.481 e. The van der Waals surface area contributed by atoms with Crippen LogP contribution in [0, 0.1) is 0 Å². The van der Waals surface area contributed by atoms with Gasteiger partial charge in [0.05, 0.1) is 16.6 Å². The summed E-state index contributed by atoms with van der Waals surface area (Å²) in [6.07, 6.45) is 3.36. The van der Waals surface area contributed by atoms with Gasteiger partial charge in [-0.05, 0) is 30.7 Å². The highest BCUT2D eigenvalue weighted by Gasteiger charge is 2.19. The highest BCUT2D eigenvalue weighted by Crippen LogP contribution is 2.32. The first-order valence-electron chi connectivity index (χ1n) is 5.22. The summed E-state index contributed by atoms with van der Waals surface area (Å²) in [7, 11) is 0. The SMILES string of the molecule is CC(C(=O)O)c1cc(Cl)c(-n2cccn2)cc1Cl. The van der Waals surface area contributed by atoms with Crippen molar-refractivity contribution in [2.75, 3.05) is 0 Å². The van der Waals surface area contributed by atoms with Crippen molar-refractivity contribution in [2.24, 2.45) is 0 Å². The Kier molecular flexibility index (Phi) is 3.59. The maximum Gasteiger partial charge on any atom is 0.310 e. The smallest absolute Gasteiger partial charge is 0.310 e. The molecule has 0 fully saturated rings. The predicted molar refractivity (Wildman–Crippen MR) is 69.6 cm³/mol. The first kappa shape index (κ1) is 12.9. The Morgan fingerprint density at radius 1 is 1.39 bits per heavy atom. The predicted octanol–water partition coefficient (Wildman–Crippen LogP) is 3.37. The van der Waals surface area contributed by atoms with Gasteiger partial charge >= 0.3 is 5.97 Å². The minimum absolute atomic E-state index is 0.361. The summed E-state index contributed by atoms with van der Waals surface area (Å²) in [5.74, 6) is -1.65. The van der Waals surface area contributed by atoms with Crippen LogP contribution in [0.5, 0.6) is 0 Å². The maximum absolute atomic E-state index is 11.0. The van der Waals surface area contributed by atoms with Gasteiger partial charge in [-0.1, -0.05) is 23.2 Å². The summed E-state index contributed by atoms with van der Waals surface area (Å²) in [5, 5.41) is 13.8. The van der Waals surface area contributed by atoms with Crippen molar-refractivity contribution in [1.82, 2.24) is 9.78 Å². The molecule has 0 aliphatic heterocycles. The van der Waals surface area contributed by atoms with E-state index in [4.69, 9.17) is 28.3 Å². The molecule has 0 aliphatic carbocycles. The van der Waals surface area contributed by atoms with E-state index in [9.17, 15) is 4.79 Å². The molecule has 0 saturated carbocycles. The molecule has 0 spiro atoms. The van der Waals surface area contributed by atoms with Crippen LogP contribution in [0.2, 0.25) is 10.0 Å². The maximum atomic E-state index is 11.0. The standard InChI is InChI=1S/C12H10Cl2N2O2/c1-7(12(17)18)8-5-10(14)11(6-9(8)13)16-4-2-3-15-16/h2-7H,1H3,(H,17,18). The number of hydrogen-bond donors (Lipinski definition) is 1. The number of hydrogen-bond acceptors (Lipinski definition) is 2. The number of aromatic nitrogens is 2. The van der Waals surface area contributed by atoms with Crippen LogP contribution in [0.4, 0.5) is 0 Å². The lowest BCUT2D eigenvalue weighted by molar-refractivity contribution is -0.138. The second-order valence-corrected chi connectivity index (χ2v) is 4.65. The van der Waals surface area contributed by atoms with E-state index in [1.807, 2.05) is 0 Å². The second-order valence-electron chi connectivity index (χ2n) is 3.84. The summed E-state index contributed by atoms with van der Waals surface area (Å²) in [6, 6.07) is 4.95. The zero-order valence-electron chi connectivity index (χ0n) is 9.47. The van der Waals surface area contributed by atoms with Crippen LogP contribution in [0.15, 0.2) is 30.6 Å². The molecule has 94 valence electrons. The Morgan fingerprint density at radius 3 is 2.67 bits per heavy atom. The van der Waals surface area contributed by atoms with Crippen LogP contribution in [0.1, 0.15) is 18.4 Å². The third-order valence-electron chi connectivity index (χ3n) is 2.65. The molecular weight excluding hydrogens is 275 g/mol. The van der Waals surface area contributed by atoms with E-state index in [-0.39, 0.29) is 0 Å². The zero-order valence-corrected chi connectivity index (χ0v) is 11.0. The normalized spacial score (nSPS) is 12.4. The van der Waals surface area contributed by atoms with Gasteiger partial charge in [-0.25, -0.2) is 4.68 Å². The lowest BCUT2D eigenvalue weighted by Gasteiger charge is -2.12. The molecule has 18 heavy (non-hydrogen) atoms. The quantitative estimate of drug-likeness (QED) is 0.940. The van der Waals surface area contributed by atoms with Gasteiger partial charge in [-0.15, -0.1) is 0 Å². The van der Waals surface area contributed by atoms with Gasteiger partial charge in [0.25, 0.3) is 0 Å². The molecule has 0 bridgehead atoms. The molecule has 1 atom stereocenters. The molecule has 0 radical (unpaired) electrons. The van der Waals surface area contributed by atoms with E-state index in [2.05, 4.69) is 5.10 Å². The van der Waals surface area contributed by atoms with Gasteiger partial charge in [0.15, 0.2) is 0 Å². The molecule has 1 aromatic heterocycles. The van der Waals surface area contributed by atoms with Crippen LogP contribution in [0.3, 0.4) is 0 Å². The Morgan fingerprint density at radius 2 is 2.11 bits per heavy atom. The molecule has 0 aliphatic rings. The van der Waals surface area contributed by atoms with E-state index >= 15 is 0 Å². The molecule has 4 nitrogen and oxygen atoms in total. The van der Waals surface area contributed by atoms with Crippen LogP contribution in [-0.4, -0.2) is 20.9 Å². The number of nitrogens with zero attached hydrogens (tertiary/aromatic N) is 2. The average molecular weight is 285 g/mol. The summed E-state index contributed by atoms with van der Waals surface area (Å²) in [5.41, 5.74) is 1.11. The van der Waals surface area contributed by atoms with Gasteiger partial charge in [0, 0.05) is 17.4 Å². The molecule has 2 rings (SSSR count). The van der Waals surface area contributed by atoms with E-state index < -0.39 is 11.9 Å². The number of rotatable bonds is 3. The van der Waals surface area contributed by atoms with Gasteiger partial charge in [0.2, 0.25) is 0 Å². The largest absolute Gasteiger partial charge is 0.481 e. The summed E-state index contributed by atoms with van der Waals surface area (Å²) >= 11 is 12.2. The number of carbonyl (C=O) groups is 1. The van der Waals surface area contributed by atoms with Gasteiger partial charge in [-0.3, -0.25) is 4.79 Å². The zero-order chi connectivity index (χ0) is 13.3. The fourth-order valence-corrected chi connectivity index (χ4v) is 2.18. The van der Waals surface area contributed by atoms with E-state index in [0.29, 0.717) is 21.3 Å².